The number of benzene rings is 2. The van der Waals surface area contributed by atoms with Crippen molar-refractivity contribution in [1.82, 2.24) is 4.98 Å². The second kappa shape index (κ2) is 5.39. The molecule has 0 radical (unpaired) electrons. The van der Waals surface area contributed by atoms with Crippen molar-refractivity contribution in [3.8, 4) is 0 Å². The van der Waals surface area contributed by atoms with Crippen LogP contribution in [-0.2, 0) is 10.0 Å². The minimum atomic E-state index is -3.73. The molecular weight excluding hydrogens is 324 g/mol. The summed E-state index contributed by atoms with van der Waals surface area (Å²) >= 11 is 1.36. The fourth-order valence-electron chi connectivity index (χ4n) is 1.90. The van der Waals surface area contributed by atoms with E-state index < -0.39 is 16.0 Å². The number of hydrogen-bond donors (Lipinski definition) is 2. The third-order valence-corrected chi connectivity index (χ3v) is 5.17. The first-order valence-corrected chi connectivity index (χ1v) is 8.51. The minimum Gasteiger partial charge on any atom is -0.478 e. The Morgan fingerprint density at radius 3 is 2.55 bits per heavy atom. The van der Waals surface area contributed by atoms with Gasteiger partial charge < -0.3 is 5.11 Å². The summed E-state index contributed by atoms with van der Waals surface area (Å²) in [6, 6.07) is 10.2. The number of sulfonamides is 1. The van der Waals surface area contributed by atoms with Gasteiger partial charge in [0.2, 0.25) is 0 Å². The molecule has 0 aliphatic carbocycles. The zero-order valence-corrected chi connectivity index (χ0v) is 12.7. The van der Waals surface area contributed by atoms with Crippen molar-refractivity contribution in [3.63, 3.8) is 0 Å². The Balaban J connectivity index is 1.90. The van der Waals surface area contributed by atoms with Gasteiger partial charge in [-0.15, -0.1) is 11.3 Å². The summed E-state index contributed by atoms with van der Waals surface area (Å²) in [5.41, 5.74) is 2.79. The molecule has 8 heteroatoms. The first-order chi connectivity index (χ1) is 10.5. The smallest absolute Gasteiger partial charge is 0.335 e. The van der Waals surface area contributed by atoms with Gasteiger partial charge in [-0.3, -0.25) is 4.72 Å². The van der Waals surface area contributed by atoms with E-state index >= 15 is 0 Å². The van der Waals surface area contributed by atoms with Crippen molar-refractivity contribution in [1.29, 1.82) is 0 Å². The number of carbonyl (C=O) groups is 1. The summed E-state index contributed by atoms with van der Waals surface area (Å²) in [6.45, 7) is 0. The fraction of sp³-hybridized carbons (Fsp3) is 0. The molecule has 0 atom stereocenters. The van der Waals surface area contributed by atoms with Gasteiger partial charge in [-0.25, -0.2) is 18.2 Å². The number of thiazole rings is 1. The van der Waals surface area contributed by atoms with Gasteiger partial charge in [-0.05, 0) is 42.5 Å². The standard InChI is InChI=1S/C14H10N2O4S2/c17-14(18)9-1-3-10(4-2-9)16-22(19,20)11-5-6-12-13(7-11)21-8-15-12/h1-8,16H,(H,17,18). The highest BCUT2D eigenvalue weighted by molar-refractivity contribution is 7.92. The number of aromatic carboxylic acids is 1. The largest absolute Gasteiger partial charge is 0.478 e. The van der Waals surface area contributed by atoms with Gasteiger partial charge in [0.25, 0.3) is 10.0 Å². The Bertz CT molecular complexity index is 946. The van der Waals surface area contributed by atoms with Crippen molar-refractivity contribution in [2.24, 2.45) is 0 Å². The van der Waals surface area contributed by atoms with Crippen molar-refractivity contribution >= 4 is 43.2 Å². The molecule has 3 rings (SSSR count). The van der Waals surface area contributed by atoms with Crippen molar-refractivity contribution in [3.05, 3.63) is 53.5 Å². The monoisotopic (exact) mass is 334 g/mol. The molecule has 0 aliphatic heterocycles. The van der Waals surface area contributed by atoms with Gasteiger partial charge in [-0.1, -0.05) is 0 Å². The van der Waals surface area contributed by atoms with Crippen molar-refractivity contribution in [2.45, 2.75) is 4.90 Å². The van der Waals surface area contributed by atoms with Gasteiger partial charge in [0.15, 0.2) is 0 Å². The van der Waals surface area contributed by atoms with Crippen LogP contribution in [0.1, 0.15) is 10.4 Å². The Hall–Kier alpha value is -2.45. The van der Waals surface area contributed by atoms with E-state index in [0.29, 0.717) is 5.69 Å². The maximum atomic E-state index is 12.3. The summed E-state index contributed by atoms with van der Waals surface area (Å²) in [7, 11) is -3.73. The number of aromatic nitrogens is 1. The van der Waals surface area contributed by atoms with Crippen LogP contribution in [0.5, 0.6) is 0 Å². The van der Waals surface area contributed by atoms with Crippen LogP contribution in [0.25, 0.3) is 10.2 Å². The van der Waals surface area contributed by atoms with E-state index in [1.807, 2.05) is 0 Å². The predicted octanol–water partition coefficient (Wildman–Crippen LogP) is 2.80. The van der Waals surface area contributed by atoms with E-state index in [4.69, 9.17) is 5.11 Å². The molecule has 2 N–H and O–H groups in total. The first-order valence-electron chi connectivity index (χ1n) is 6.15. The predicted molar refractivity (Wildman–Crippen MR) is 83.8 cm³/mol. The van der Waals surface area contributed by atoms with Crippen LogP contribution in [0.2, 0.25) is 0 Å². The van der Waals surface area contributed by atoms with Crippen LogP contribution in [0.3, 0.4) is 0 Å². The van der Waals surface area contributed by atoms with Gasteiger partial charge in [0.1, 0.15) is 0 Å². The summed E-state index contributed by atoms with van der Waals surface area (Å²) in [5.74, 6) is -1.06. The molecule has 2 aromatic carbocycles. The number of nitrogens with zero attached hydrogens (tertiary/aromatic N) is 1. The van der Waals surface area contributed by atoms with E-state index in [-0.39, 0.29) is 10.5 Å². The van der Waals surface area contributed by atoms with Crippen LogP contribution in [0.15, 0.2) is 52.9 Å². The number of carboxylic acid groups (broad SMARTS) is 1. The molecule has 6 nitrogen and oxygen atoms in total. The average Bonchev–Trinajstić information content (AvgIpc) is 2.94. The highest BCUT2D eigenvalue weighted by atomic mass is 32.2. The minimum absolute atomic E-state index is 0.0917. The number of anilines is 1. The van der Waals surface area contributed by atoms with Crippen LogP contribution in [0, 0.1) is 0 Å². The second-order valence-electron chi connectivity index (χ2n) is 4.47. The van der Waals surface area contributed by atoms with Gasteiger partial charge in [-0.2, -0.15) is 0 Å². The average molecular weight is 334 g/mol. The van der Waals surface area contributed by atoms with E-state index in [1.54, 1.807) is 17.6 Å². The summed E-state index contributed by atoms with van der Waals surface area (Å²) in [5, 5.41) is 8.82. The highest BCUT2D eigenvalue weighted by Crippen LogP contribution is 2.23. The lowest BCUT2D eigenvalue weighted by Gasteiger charge is -2.08. The summed E-state index contributed by atoms with van der Waals surface area (Å²) < 4.78 is 27.9. The molecule has 0 saturated heterocycles. The van der Waals surface area contributed by atoms with Crippen LogP contribution < -0.4 is 4.72 Å². The van der Waals surface area contributed by atoms with Crippen LogP contribution in [0.4, 0.5) is 5.69 Å². The fourth-order valence-corrected chi connectivity index (χ4v) is 3.77. The third-order valence-electron chi connectivity index (χ3n) is 3.00. The topological polar surface area (TPSA) is 96.4 Å². The van der Waals surface area contributed by atoms with E-state index in [0.717, 1.165) is 10.2 Å². The van der Waals surface area contributed by atoms with E-state index in [9.17, 15) is 13.2 Å². The molecule has 3 aromatic rings. The Morgan fingerprint density at radius 2 is 1.86 bits per heavy atom. The zero-order valence-electron chi connectivity index (χ0n) is 11.1. The van der Waals surface area contributed by atoms with E-state index in [1.165, 1.54) is 41.7 Å². The maximum absolute atomic E-state index is 12.3. The molecule has 0 bridgehead atoms. The zero-order chi connectivity index (χ0) is 15.7. The SMILES string of the molecule is O=C(O)c1ccc(NS(=O)(=O)c2ccc3ncsc3c2)cc1. The summed E-state index contributed by atoms with van der Waals surface area (Å²) in [6.07, 6.45) is 0. The number of rotatable bonds is 4. The van der Waals surface area contributed by atoms with E-state index in [2.05, 4.69) is 9.71 Å². The Labute approximate surface area is 130 Å². The number of nitrogens with one attached hydrogen (secondary N) is 1. The molecule has 0 amide bonds. The molecule has 22 heavy (non-hydrogen) atoms. The maximum Gasteiger partial charge on any atom is 0.335 e. The molecule has 0 aliphatic rings. The second-order valence-corrected chi connectivity index (χ2v) is 7.04. The number of fused-ring (bicyclic) bond motifs is 1. The molecule has 1 aromatic heterocycles. The third kappa shape index (κ3) is 2.78. The molecule has 1 heterocycles. The first kappa shape index (κ1) is 14.5. The normalized spacial score (nSPS) is 11.5. The number of hydrogen-bond acceptors (Lipinski definition) is 5. The lowest BCUT2D eigenvalue weighted by atomic mass is 10.2. The summed E-state index contributed by atoms with van der Waals surface area (Å²) in [4.78, 5) is 15.0. The highest BCUT2D eigenvalue weighted by Gasteiger charge is 2.15. The van der Waals surface area contributed by atoms with Gasteiger partial charge in [0.05, 0.1) is 26.2 Å². The Kier molecular flexibility index (Phi) is 3.55. The van der Waals surface area contributed by atoms with Gasteiger partial charge in [0, 0.05) is 5.69 Å². The lowest BCUT2D eigenvalue weighted by molar-refractivity contribution is 0.0697. The van der Waals surface area contributed by atoms with Crippen molar-refractivity contribution < 1.29 is 18.3 Å². The van der Waals surface area contributed by atoms with Crippen LogP contribution >= 0.6 is 11.3 Å². The molecule has 0 spiro atoms. The number of carboxylic acids is 1. The molecule has 0 saturated carbocycles. The quantitative estimate of drug-likeness (QED) is 0.765. The molecule has 0 fully saturated rings. The van der Waals surface area contributed by atoms with Crippen LogP contribution in [-0.4, -0.2) is 24.5 Å². The lowest BCUT2D eigenvalue weighted by Crippen LogP contribution is -2.13. The molecular formula is C14H10N2O4S2. The van der Waals surface area contributed by atoms with Crippen molar-refractivity contribution in [2.75, 3.05) is 4.72 Å². The van der Waals surface area contributed by atoms with Gasteiger partial charge >= 0.3 is 5.97 Å². The molecule has 0 unspecified atom stereocenters. The Morgan fingerprint density at radius 1 is 1.14 bits per heavy atom. The molecule has 112 valence electrons.